The van der Waals surface area contributed by atoms with Crippen LogP contribution < -0.4 is 21.3 Å². The predicted molar refractivity (Wildman–Crippen MR) is 230 cm³/mol. The second-order valence-electron chi connectivity index (χ2n) is 17.9. The lowest BCUT2D eigenvalue weighted by atomic mass is 9.98. The molecule has 1 aliphatic rings. The standard InChI is InChI=1S/C42H63ClN6O10S/c1-23(2)20-27(46-37(54)32(42(9,10)60-12)48-36(53)30-18-15-19-49(30)39(56)59-41(6,7)8)34(51)45-28(21-25-24-16-13-14-17-26(24)44-33(25)43)35(52)47-29(22-31(50)57-11)38(55)58-40(3,4)5/h13-14,16-17,23,27-30,32,44H,15,18-22H2,1-12H3,(H,45,51)(H,46,54)(H,47,52)(H,48,53)/t27-,28+,29+,30-,32-/m0/s1. The molecule has 0 aliphatic carbocycles. The number of fused-ring (bicyclic) bond motifs is 1. The van der Waals surface area contributed by atoms with E-state index in [4.69, 9.17) is 25.8 Å². The van der Waals surface area contributed by atoms with E-state index in [1.807, 2.05) is 13.8 Å². The Kier molecular flexibility index (Phi) is 17.3. The van der Waals surface area contributed by atoms with E-state index < -0.39 is 94.2 Å². The number of rotatable bonds is 17. The van der Waals surface area contributed by atoms with E-state index >= 15 is 0 Å². The normalized spacial score (nSPS) is 16.6. The van der Waals surface area contributed by atoms with Crippen LogP contribution in [-0.4, -0.2) is 118 Å². The molecule has 5 atom stereocenters. The van der Waals surface area contributed by atoms with Gasteiger partial charge in [0.2, 0.25) is 23.6 Å². The number of carbonyl (C=O) groups excluding carboxylic acids is 7. The first kappa shape index (κ1) is 49.8. The summed E-state index contributed by atoms with van der Waals surface area (Å²) >= 11 is 7.97. The van der Waals surface area contributed by atoms with Gasteiger partial charge >= 0.3 is 18.0 Å². The topological polar surface area (TPSA) is 214 Å². The summed E-state index contributed by atoms with van der Waals surface area (Å²) < 4.78 is 14.9. The Morgan fingerprint density at radius 3 is 2.02 bits per heavy atom. The summed E-state index contributed by atoms with van der Waals surface area (Å²) in [5, 5.41) is 11.9. The van der Waals surface area contributed by atoms with Crippen molar-refractivity contribution in [3.05, 3.63) is 35.0 Å². The Bertz CT molecular complexity index is 1890. The van der Waals surface area contributed by atoms with E-state index in [1.165, 1.54) is 16.7 Å². The molecule has 0 bridgehead atoms. The molecule has 0 unspecified atom stereocenters. The number of hydrogen-bond acceptors (Lipinski definition) is 11. The van der Waals surface area contributed by atoms with Crippen molar-refractivity contribution in [3.63, 3.8) is 0 Å². The quantitative estimate of drug-likeness (QED) is 0.108. The van der Waals surface area contributed by atoms with Gasteiger partial charge in [-0.25, -0.2) is 9.59 Å². The molecule has 3 rings (SSSR count). The van der Waals surface area contributed by atoms with Crippen molar-refractivity contribution >= 4 is 75.9 Å². The van der Waals surface area contributed by atoms with E-state index in [1.54, 1.807) is 85.9 Å². The minimum Gasteiger partial charge on any atom is -0.469 e. The number of thioether (sulfide) groups is 1. The summed E-state index contributed by atoms with van der Waals surface area (Å²) in [6, 6.07) is 1.09. The van der Waals surface area contributed by atoms with Gasteiger partial charge in [-0.1, -0.05) is 43.6 Å². The van der Waals surface area contributed by atoms with Crippen LogP contribution in [0.15, 0.2) is 24.3 Å². The van der Waals surface area contributed by atoms with Crippen LogP contribution in [0.25, 0.3) is 10.9 Å². The molecule has 60 heavy (non-hydrogen) atoms. The average Bonchev–Trinajstić information content (AvgIpc) is 3.75. The monoisotopic (exact) mass is 878 g/mol. The third kappa shape index (κ3) is 14.3. The first-order valence-corrected chi connectivity index (χ1v) is 21.7. The fourth-order valence-corrected chi connectivity index (χ4v) is 7.27. The maximum atomic E-state index is 14.4. The maximum Gasteiger partial charge on any atom is 0.410 e. The number of ether oxygens (including phenoxy) is 3. The zero-order valence-electron chi connectivity index (χ0n) is 36.8. The molecule has 1 saturated heterocycles. The van der Waals surface area contributed by atoms with Gasteiger partial charge in [0.15, 0.2) is 0 Å². The lowest BCUT2D eigenvalue weighted by molar-refractivity contribution is -0.161. The molecule has 0 saturated carbocycles. The van der Waals surface area contributed by atoms with E-state index in [0.29, 0.717) is 35.9 Å². The minimum absolute atomic E-state index is 0.129. The molecule has 1 fully saturated rings. The van der Waals surface area contributed by atoms with E-state index in [0.717, 1.165) is 7.11 Å². The third-order valence-electron chi connectivity index (χ3n) is 9.70. The lowest BCUT2D eigenvalue weighted by Crippen LogP contribution is -2.63. The first-order valence-electron chi connectivity index (χ1n) is 20.1. The summed E-state index contributed by atoms with van der Waals surface area (Å²) in [7, 11) is 1.14. The number of halogens is 1. The number of amides is 5. The molecule has 334 valence electrons. The van der Waals surface area contributed by atoms with Crippen molar-refractivity contribution in [2.45, 2.75) is 147 Å². The highest BCUT2D eigenvalue weighted by Gasteiger charge is 2.43. The number of carbonyl (C=O) groups is 7. The van der Waals surface area contributed by atoms with Crippen LogP contribution in [0.2, 0.25) is 5.15 Å². The molecule has 18 heteroatoms. The Balaban J connectivity index is 1.97. The van der Waals surface area contributed by atoms with Crippen LogP contribution in [0.5, 0.6) is 0 Å². The van der Waals surface area contributed by atoms with Gasteiger partial charge in [-0.2, -0.15) is 11.8 Å². The lowest BCUT2D eigenvalue weighted by Gasteiger charge is -2.35. The van der Waals surface area contributed by atoms with Crippen molar-refractivity contribution in [1.82, 2.24) is 31.2 Å². The Morgan fingerprint density at radius 2 is 1.43 bits per heavy atom. The average molecular weight is 880 g/mol. The van der Waals surface area contributed by atoms with E-state index in [9.17, 15) is 33.6 Å². The van der Waals surface area contributed by atoms with E-state index in [-0.39, 0.29) is 23.9 Å². The molecule has 2 aromatic rings. The first-order chi connectivity index (χ1) is 27.8. The van der Waals surface area contributed by atoms with E-state index in [2.05, 4.69) is 26.3 Å². The molecule has 1 aromatic heterocycles. The van der Waals surface area contributed by atoms with Gasteiger partial charge in [0, 0.05) is 28.6 Å². The highest BCUT2D eigenvalue weighted by atomic mass is 35.5. The third-order valence-corrected chi connectivity index (χ3v) is 11.3. The number of nitrogens with zero attached hydrogens (tertiary/aromatic N) is 1. The van der Waals surface area contributed by atoms with Crippen LogP contribution in [0.4, 0.5) is 4.79 Å². The zero-order chi connectivity index (χ0) is 45.3. The van der Waals surface area contributed by atoms with Gasteiger partial charge in [-0.15, -0.1) is 0 Å². The molecule has 0 radical (unpaired) electrons. The van der Waals surface area contributed by atoms with Gasteiger partial charge in [-0.05, 0) is 98.5 Å². The number of nitrogens with one attached hydrogen (secondary N) is 5. The molecule has 5 N–H and O–H groups in total. The molecule has 2 heterocycles. The molecular formula is C42H63ClN6O10S. The van der Waals surface area contributed by atoms with Crippen LogP contribution in [0.3, 0.4) is 0 Å². The molecule has 5 amide bonds. The van der Waals surface area contributed by atoms with Gasteiger partial charge in [0.05, 0.1) is 13.5 Å². The molecule has 16 nitrogen and oxygen atoms in total. The van der Waals surface area contributed by atoms with Crippen LogP contribution in [-0.2, 0) is 49.4 Å². The number of aromatic amines is 1. The van der Waals surface area contributed by atoms with Crippen LogP contribution in [0.1, 0.15) is 100 Å². The van der Waals surface area contributed by atoms with Crippen LogP contribution in [0, 0.1) is 5.92 Å². The summed E-state index contributed by atoms with van der Waals surface area (Å²) in [5.74, 6) is -4.56. The fourth-order valence-electron chi connectivity index (χ4n) is 6.59. The van der Waals surface area contributed by atoms with Gasteiger partial charge < -0.3 is 40.5 Å². The number of esters is 2. The molecular weight excluding hydrogens is 816 g/mol. The smallest absolute Gasteiger partial charge is 0.410 e. The van der Waals surface area contributed by atoms with Crippen molar-refractivity contribution in [2.24, 2.45) is 5.92 Å². The Morgan fingerprint density at radius 1 is 0.850 bits per heavy atom. The number of para-hydroxylation sites is 1. The SMILES string of the molecule is COC(=O)C[C@@H](NC(=O)[C@@H](Cc1c(Cl)[nH]c2ccccc12)NC(=O)[C@H](CC(C)C)NC(=O)[C@H](NC(=O)[C@@H]1CCCN1C(=O)OC(C)(C)C)C(C)(C)SC)C(=O)OC(C)(C)C. The maximum absolute atomic E-state index is 14.4. The summed E-state index contributed by atoms with van der Waals surface area (Å²) in [5.41, 5.74) is -0.557. The van der Waals surface area contributed by atoms with Gasteiger partial charge in [-0.3, -0.25) is 28.9 Å². The van der Waals surface area contributed by atoms with Crippen molar-refractivity contribution in [3.8, 4) is 0 Å². The van der Waals surface area contributed by atoms with Crippen LogP contribution >= 0.6 is 23.4 Å². The van der Waals surface area contributed by atoms with Crippen molar-refractivity contribution < 1.29 is 47.8 Å². The fraction of sp³-hybridized carbons (Fsp3) is 0.643. The van der Waals surface area contributed by atoms with Gasteiger partial charge in [0.25, 0.3) is 0 Å². The minimum atomic E-state index is -1.47. The zero-order valence-corrected chi connectivity index (χ0v) is 38.4. The van der Waals surface area contributed by atoms with Gasteiger partial charge in [0.1, 0.15) is 46.6 Å². The highest BCUT2D eigenvalue weighted by Crippen LogP contribution is 2.29. The summed E-state index contributed by atoms with van der Waals surface area (Å²) in [6.45, 7) is 17.7. The van der Waals surface area contributed by atoms with Crippen molar-refractivity contribution in [1.29, 1.82) is 0 Å². The molecule has 1 aromatic carbocycles. The molecule has 0 spiro atoms. The number of benzene rings is 1. The second kappa shape index (κ2) is 20.8. The van der Waals surface area contributed by atoms with Crippen molar-refractivity contribution in [2.75, 3.05) is 19.9 Å². The number of hydrogen-bond donors (Lipinski definition) is 5. The summed E-state index contributed by atoms with van der Waals surface area (Å²) in [4.78, 5) is 99.9. The predicted octanol–water partition coefficient (Wildman–Crippen LogP) is 4.80. The largest absolute Gasteiger partial charge is 0.469 e. The summed E-state index contributed by atoms with van der Waals surface area (Å²) in [6.07, 6.45) is 1.53. The Labute approximate surface area is 362 Å². The number of H-pyrrole nitrogens is 1. The number of methoxy groups -OCH3 is 1. The number of aromatic nitrogens is 1. The number of likely N-dealkylation sites (tertiary alicyclic amines) is 1. The second-order valence-corrected chi connectivity index (χ2v) is 19.7. The highest BCUT2D eigenvalue weighted by molar-refractivity contribution is 8.00. The molecule has 1 aliphatic heterocycles. The Hall–Kier alpha value is -4.51.